The van der Waals surface area contributed by atoms with Crippen molar-refractivity contribution < 1.29 is 4.43 Å². The number of nitrogens with zero attached hydrogens (tertiary/aromatic N) is 2. The minimum Gasteiger partial charge on any atom is -0.519 e. The van der Waals surface area contributed by atoms with E-state index in [9.17, 15) is 4.79 Å². The van der Waals surface area contributed by atoms with Crippen LogP contribution >= 0.6 is 15.9 Å². The van der Waals surface area contributed by atoms with Gasteiger partial charge in [-0.15, -0.1) is 0 Å². The molecule has 1 atom stereocenters. The lowest BCUT2D eigenvalue weighted by Crippen LogP contribution is -2.35. The normalized spacial score (nSPS) is 13.5. The van der Waals surface area contributed by atoms with Crippen LogP contribution in [0.5, 0.6) is 6.01 Å². The number of aromatic nitrogens is 2. The number of rotatable bonds is 4. The molecule has 0 fully saturated rings. The van der Waals surface area contributed by atoms with Crippen molar-refractivity contribution in [3.63, 3.8) is 0 Å². The van der Waals surface area contributed by atoms with Gasteiger partial charge in [-0.1, -0.05) is 6.92 Å². The molecule has 0 aromatic carbocycles. The van der Waals surface area contributed by atoms with Crippen molar-refractivity contribution in [1.29, 1.82) is 0 Å². The van der Waals surface area contributed by atoms with Gasteiger partial charge in [0.1, 0.15) is 4.47 Å². The second-order valence-electron chi connectivity index (χ2n) is 5.44. The molecular formula is C12H21BrN2O2Si. The molecule has 0 saturated heterocycles. The van der Waals surface area contributed by atoms with Crippen molar-refractivity contribution in [2.45, 2.75) is 52.9 Å². The van der Waals surface area contributed by atoms with Crippen molar-refractivity contribution in [2.24, 2.45) is 0 Å². The van der Waals surface area contributed by atoms with Crippen molar-refractivity contribution in [3.8, 4) is 6.01 Å². The molecule has 102 valence electrons. The molecule has 0 saturated carbocycles. The number of hydrogen-bond acceptors (Lipinski definition) is 3. The van der Waals surface area contributed by atoms with Crippen molar-refractivity contribution in [3.05, 3.63) is 20.5 Å². The first-order valence-electron chi connectivity index (χ1n) is 6.15. The van der Waals surface area contributed by atoms with Crippen molar-refractivity contribution in [2.75, 3.05) is 0 Å². The van der Waals surface area contributed by atoms with Crippen LogP contribution in [-0.4, -0.2) is 17.9 Å². The highest BCUT2D eigenvalue weighted by Gasteiger charge is 2.23. The molecule has 1 rings (SSSR count). The van der Waals surface area contributed by atoms with Gasteiger partial charge in [0.2, 0.25) is 8.32 Å². The smallest absolute Gasteiger partial charge is 0.285 e. The largest absolute Gasteiger partial charge is 0.519 e. The van der Waals surface area contributed by atoms with Crippen LogP contribution in [0.25, 0.3) is 0 Å². The molecular weight excluding hydrogens is 312 g/mol. The highest BCUT2D eigenvalue weighted by Crippen LogP contribution is 2.21. The Kier molecular flexibility index (Phi) is 4.77. The maximum atomic E-state index is 12.3. The van der Waals surface area contributed by atoms with Gasteiger partial charge in [-0.05, 0) is 55.8 Å². The van der Waals surface area contributed by atoms with Crippen LogP contribution in [0.15, 0.2) is 9.27 Å². The summed E-state index contributed by atoms with van der Waals surface area (Å²) in [4.78, 5) is 16.7. The Morgan fingerprint density at radius 3 is 2.44 bits per heavy atom. The lowest BCUT2D eigenvalue weighted by Gasteiger charge is -2.24. The Hall–Kier alpha value is -0.623. The van der Waals surface area contributed by atoms with E-state index in [1.54, 1.807) is 4.57 Å². The Morgan fingerprint density at radius 1 is 1.44 bits per heavy atom. The fraction of sp³-hybridized carbons (Fsp3) is 0.667. The Balaban J connectivity index is 3.44. The van der Waals surface area contributed by atoms with Gasteiger partial charge in [-0.3, -0.25) is 9.36 Å². The summed E-state index contributed by atoms with van der Waals surface area (Å²) in [7, 11) is -1.79. The zero-order chi connectivity index (χ0) is 14.1. The van der Waals surface area contributed by atoms with Crippen LogP contribution in [-0.2, 0) is 0 Å². The first kappa shape index (κ1) is 15.4. The average molecular weight is 333 g/mol. The van der Waals surface area contributed by atoms with E-state index >= 15 is 0 Å². The summed E-state index contributed by atoms with van der Waals surface area (Å²) in [6, 6.07) is 0.530. The van der Waals surface area contributed by atoms with Crippen LogP contribution < -0.4 is 9.99 Å². The van der Waals surface area contributed by atoms with E-state index < -0.39 is 8.32 Å². The summed E-state index contributed by atoms with van der Waals surface area (Å²) in [5.41, 5.74) is 0.609. The second-order valence-corrected chi connectivity index (χ2v) is 10.7. The van der Waals surface area contributed by atoms with E-state index in [4.69, 9.17) is 4.43 Å². The predicted octanol–water partition coefficient (Wildman–Crippen LogP) is 3.50. The summed E-state index contributed by atoms with van der Waals surface area (Å²) in [5, 5.41) is 0. The quantitative estimate of drug-likeness (QED) is 0.792. The SMILES string of the molecule is CCC(C)n1c(O[Si](C)(C)C)nc(C)c(Br)c1=O. The zero-order valence-electron chi connectivity index (χ0n) is 11.9. The van der Waals surface area contributed by atoms with E-state index in [0.717, 1.165) is 6.42 Å². The van der Waals surface area contributed by atoms with Gasteiger partial charge in [-0.25, -0.2) is 4.98 Å². The van der Waals surface area contributed by atoms with Gasteiger partial charge in [0.25, 0.3) is 11.6 Å². The number of hydrogen-bond donors (Lipinski definition) is 0. The topological polar surface area (TPSA) is 44.1 Å². The summed E-state index contributed by atoms with van der Waals surface area (Å²) in [6.45, 7) is 12.1. The van der Waals surface area contributed by atoms with Gasteiger partial charge in [-0.2, -0.15) is 0 Å². The molecule has 1 heterocycles. The lowest BCUT2D eigenvalue weighted by atomic mass is 10.2. The maximum absolute atomic E-state index is 12.3. The van der Waals surface area contributed by atoms with Crippen molar-refractivity contribution in [1.82, 2.24) is 9.55 Å². The van der Waals surface area contributed by atoms with E-state index in [1.165, 1.54) is 0 Å². The van der Waals surface area contributed by atoms with Crippen LogP contribution in [0, 0.1) is 6.92 Å². The molecule has 0 aliphatic carbocycles. The second kappa shape index (κ2) is 5.57. The highest BCUT2D eigenvalue weighted by molar-refractivity contribution is 9.10. The first-order valence-corrected chi connectivity index (χ1v) is 10.3. The first-order chi connectivity index (χ1) is 8.17. The third kappa shape index (κ3) is 3.44. The van der Waals surface area contributed by atoms with Crippen molar-refractivity contribution >= 4 is 24.2 Å². The van der Waals surface area contributed by atoms with Crippen LogP contribution in [0.1, 0.15) is 32.0 Å². The maximum Gasteiger partial charge on any atom is 0.285 e. The molecule has 0 bridgehead atoms. The molecule has 0 radical (unpaired) electrons. The van der Waals surface area contributed by atoms with Gasteiger partial charge >= 0.3 is 0 Å². The number of halogens is 1. The highest BCUT2D eigenvalue weighted by atomic mass is 79.9. The Morgan fingerprint density at radius 2 is 2.00 bits per heavy atom. The minimum absolute atomic E-state index is 0.0647. The standard InChI is InChI=1S/C12H21BrN2O2Si/c1-7-8(2)15-11(16)10(13)9(3)14-12(15)17-18(4,5)6/h8H,7H2,1-6H3. The molecule has 18 heavy (non-hydrogen) atoms. The molecule has 0 N–H and O–H groups in total. The van der Waals surface area contributed by atoms with E-state index in [0.29, 0.717) is 16.2 Å². The van der Waals surface area contributed by atoms with Gasteiger partial charge in [0.15, 0.2) is 0 Å². The summed E-state index contributed by atoms with van der Waals surface area (Å²) in [5.74, 6) is 0. The molecule has 1 aromatic heterocycles. The summed E-state index contributed by atoms with van der Waals surface area (Å²) < 4.78 is 8.11. The third-order valence-electron chi connectivity index (χ3n) is 2.62. The van der Waals surface area contributed by atoms with E-state index in [1.807, 2.05) is 20.8 Å². The zero-order valence-corrected chi connectivity index (χ0v) is 14.5. The van der Waals surface area contributed by atoms with Gasteiger partial charge in [0, 0.05) is 6.04 Å². The van der Waals surface area contributed by atoms with Gasteiger partial charge in [0.05, 0.1) is 5.69 Å². The molecule has 4 nitrogen and oxygen atoms in total. The van der Waals surface area contributed by atoms with E-state index in [2.05, 4.69) is 40.6 Å². The predicted molar refractivity (Wildman–Crippen MR) is 79.9 cm³/mol. The third-order valence-corrected chi connectivity index (χ3v) is 4.33. The molecule has 6 heteroatoms. The number of aryl methyl sites for hydroxylation is 1. The summed E-state index contributed by atoms with van der Waals surface area (Å²) >= 11 is 3.30. The Labute approximate surface area is 118 Å². The monoisotopic (exact) mass is 332 g/mol. The lowest BCUT2D eigenvalue weighted by molar-refractivity contribution is 0.399. The van der Waals surface area contributed by atoms with Crippen LogP contribution in [0.4, 0.5) is 0 Å². The molecule has 0 aliphatic rings. The fourth-order valence-electron chi connectivity index (χ4n) is 1.51. The fourth-order valence-corrected chi connectivity index (χ4v) is 2.48. The average Bonchev–Trinajstić information content (AvgIpc) is 2.23. The Bertz CT molecular complexity index is 494. The molecule has 0 aliphatic heterocycles. The van der Waals surface area contributed by atoms with Crippen LogP contribution in [0.2, 0.25) is 19.6 Å². The minimum atomic E-state index is -1.79. The van der Waals surface area contributed by atoms with Crippen LogP contribution in [0.3, 0.4) is 0 Å². The van der Waals surface area contributed by atoms with Gasteiger partial charge < -0.3 is 4.43 Å². The molecule has 1 aromatic rings. The molecule has 0 amide bonds. The molecule has 0 spiro atoms. The van der Waals surface area contributed by atoms with E-state index in [-0.39, 0.29) is 11.6 Å². The molecule has 1 unspecified atom stereocenters. The summed E-state index contributed by atoms with van der Waals surface area (Å²) in [6.07, 6.45) is 0.860.